The summed E-state index contributed by atoms with van der Waals surface area (Å²) < 4.78 is 0. The van der Waals surface area contributed by atoms with Crippen LogP contribution in [0, 0.1) is 5.92 Å². The molecule has 3 fully saturated rings. The summed E-state index contributed by atoms with van der Waals surface area (Å²) in [6, 6.07) is 2.01. The molecule has 0 aliphatic carbocycles. The van der Waals surface area contributed by atoms with Gasteiger partial charge in [-0.1, -0.05) is 0 Å². The Morgan fingerprint density at radius 2 is 2.16 bits per heavy atom. The molecule has 132 valence electrons. The van der Waals surface area contributed by atoms with Crippen LogP contribution in [0.2, 0.25) is 0 Å². The van der Waals surface area contributed by atoms with E-state index in [0.29, 0.717) is 13.1 Å². The predicted molar refractivity (Wildman–Crippen MR) is 93.0 cm³/mol. The lowest BCUT2D eigenvalue weighted by atomic mass is 9.94. The molecule has 2 bridgehead atoms. The van der Waals surface area contributed by atoms with Crippen molar-refractivity contribution in [1.82, 2.24) is 24.8 Å². The van der Waals surface area contributed by atoms with Crippen molar-refractivity contribution in [3.8, 4) is 0 Å². The van der Waals surface area contributed by atoms with E-state index in [0.717, 1.165) is 29.7 Å². The van der Waals surface area contributed by atoms with Gasteiger partial charge in [0.2, 0.25) is 11.8 Å². The summed E-state index contributed by atoms with van der Waals surface area (Å²) in [4.78, 5) is 42.3. The van der Waals surface area contributed by atoms with Crippen LogP contribution in [0.5, 0.6) is 0 Å². The van der Waals surface area contributed by atoms with Gasteiger partial charge in [0.15, 0.2) is 0 Å². The molecule has 3 aliphatic heterocycles. The fraction of sp³-hybridized carbons (Fsp3) is 0.529. The van der Waals surface area contributed by atoms with Gasteiger partial charge in [0.1, 0.15) is 24.3 Å². The van der Waals surface area contributed by atoms with E-state index < -0.39 is 0 Å². The highest BCUT2D eigenvalue weighted by Crippen LogP contribution is 2.33. The number of rotatable bonds is 3. The number of amides is 2. The van der Waals surface area contributed by atoms with Gasteiger partial charge in [-0.25, -0.2) is 9.97 Å². The highest BCUT2D eigenvalue weighted by molar-refractivity contribution is 5.90. The summed E-state index contributed by atoms with van der Waals surface area (Å²) in [7, 11) is 3.44. The molecule has 2 aromatic heterocycles. The number of hydrogen-bond donors (Lipinski definition) is 1. The lowest BCUT2D eigenvalue weighted by Crippen LogP contribution is -2.51. The fourth-order valence-corrected chi connectivity index (χ4v) is 3.82. The first-order valence-corrected chi connectivity index (χ1v) is 8.58. The number of H-pyrrole nitrogens is 1. The Bertz CT molecular complexity index is 816. The molecule has 25 heavy (non-hydrogen) atoms. The number of carbonyl (C=O) groups is 2. The third-order valence-electron chi connectivity index (χ3n) is 5.23. The third-order valence-corrected chi connectivity index (χ3v) is 5.23. The van der Waals surface area contributed by atoms with Crippen LogP contribution in [-0.2, 0) is 9.59 Å². The lowest BCUT2D eigenvalue weighted by Gasteiger charge is -2.35. The van der Waals surface area contributed by atoms with E-state index in [4.69, 9.17) is 0 Å². The first kappa shape index (κ1) is 15.9. The number of fused-ring (bicyclic) bond motifs is 5. The molecule has 0 radical (unpaired) electrons. The van der Waals surface area contributed by atoms with Crippen LogP contribution in [0.3, 0.4) is 0 Å². The third kappa shape index (κ3) is 2.71. The van der Waals surface area contributed by atoms with Gasteiger partial charge in [-0.05, 0) is 18.9 Å². The van der Waals surface area contributed by atoms with Crippen LogP contribution in [0.15, 0.2) is 18.6 Å². The maximum Gasteiger partial charge on any atom is 0.241 e. The molecule has 1 N–H and O–H groups in total. The van der Waals surface area contributed by atoms with E-state index in [2.05, 4.69) is 19.9 Å². The van der Waals surface area contributed by atoms with Gasteiger partial charge in [-0.2, -0.15) is 0 Å². The van der Waals surface area contributed by atoms with Crippen LogP contribution in [-0.4, -0.2) is 76.3 Å². The number of anilines is 1. The van der Waals surface area contributed by atoms with Gasteiger partial charge in [0.05, 0.1) is 11.3 Å². The van der Waals surface area contributed by atoms with Gasteiger partial charge in [0.25, 0.3) is 0 Å². The van der Waals surface area contributed by atoms with E-state index in [-0.39, 0.29) is 30.3 Å². The Morgan fingerprint density at radius 1 is 1.32 bits per heavy atom. The standard InChI is InChI=1S/C17H22N6O2/c1-21(2)14(24)9-23-12-4-3-11(17(23)25)7-22(8-12)16-13-5-6-18-15(13)19-10-20-16/h5-6,10-12H,3-4,7-9H2,1-2H3,(H,18,19,20)/t11-,12+/m0/s1. The van der Waals surface area contributed by atoms with E-state index >= 15 is 0 Å². The zero-order valence-corrected chi connectivity index (χ0v) is 14.5. The second-order valence-corrected chi connectivity index (χ2v) is 7.02. The molecule has 2 atom stereocenters. The summed E-state index contributed by atoms with van der Waals surface area (Å²) in [6.45, 7) is 1.49. The van der Waals surface area contributed by atoms with Gasteiger partial charge in [-0.3, -0.25) is 9.59 Å². The molecule has 2 amide bonds. The Balaban J connectivity index is 1.64. The topological polar surface area (TPSA) is 85.4 Å². The van der Waals surface area contributed by atoms with Crippen LogP contribution >= 0.6 is 0 Å². The Kier molecular flexibility index (Phi) is 3.82. The Hall–Kier alpha value is -2.64. The minimum Gasteiger partial charge on any atom is -0.353 e. The average Bonchev–Trinajstić information content (AvgIpc) is 2.92. The maximum atomic E-state index is 12.8. The molecule has 0 spiro atoms. The summed E-state index contributed by atoms with van der Waals surface area (Å²) in [6.07, 6.45) is 5.20. The van der Waals surface area contributed by atoms with Crippen LogP contribution < -0.4 is 4.90 Å². The number of aromatic nitrogens is 3. The van der Waals surface area contributed by atoms with Crippen molar-refractivity contribution in [1.29, 1.82) is 0 Å². The fourth-order valence-electron chi connectivity index (χ4n) is 3.82. The monoisotopic (exact) mass is 342 g/mol. The summed E-state index contributed by atoms with van der Waals surface area (Å²) in [5.74, 6) is 0.824. The quantitative estimate of drug-likeness (QED) is 0.877. The molecular formula is C17H22N6O2. The van der Waals surface area contributed by atoms with Crippen molar-refractivity contribution >= 4 is 28.7 Å². The number of hydrogen-bond acceptors (Lipinski definition) is 5. The first-order chi connectivity index (χ1) is 12.0. The summed E-state index contributed by atoms with van der Waals surface area (Å²) in [5, 5.41) is 0.965. The van der Waals surface area contributed by atoms with E-state index in [1.54, 1.807) is 25.3 Å². The van der Waals surface area contributed by atoms with Gasteiger partial charge in [0, 0.05) is 39.4 Å². The van der Waals surface area contributed by atoms with Gasteiger partial charge in [-0.15, -0.1) is 0 Å². The van der Waals surface area contributed by atoms with Crippen molar-refractivity contribution in [2.75, 3.05) is 38.6 Å². The van der Waals surface area contributed by atoms with Crippen molar-refractivity contribution in [2.24, 2.45) is 5.92 Å². The van der Waals surface area contributed by atoms with E-state index in [1.807, 2.05) is 12.3 Å². The number of aromatic amines is 1. The number of carbonyl (C=O) groups excluding carboxylic acids is 2. The predicted octanol–water partition coefficient (Wildman–Crippen LogP) is 0.473. The molecule has 5 rings (SSSR count). The largest absolute Gasteiger partial charge is 0.353 e. The second-order valence-electron chi connectivity index (χ2n) is 7.02. The molecule has 8 nitrogen and oxygen atoms in total. The van der Waals surface area contributed by atoms with Crippen molar-refractivity contribution < 1.29 is 9.59 Å². The number of nitrogens with zero attached hydrogens (tertiary/aromatic N) is 5. The summed E-state index contributed by atoms with van der Waals surface area (Å²) >= 11 is 0. The van der Waals surface area contributed by atoms with Crippen molar-refractivity contribution in [3.05, 3.63) is 18.6 Å². The molecule has 3 saturated heterocycles. The smallest absolute Gasteiger partial charge is 0.241 e. The van der Waals surface area contributed by atoms with Crippen LogP contribution in [0.4, 0.5) is 5.82 Å². The first-order valence-electron chi connectivity index (χ1n) is 8.58. The normalized spacial score (nSPS) is 23.2. The SMILES string of the molecule is CN(C)C(=O)CN1C(=O)[C@H]2CC[C@@H]1CN(c1ncnc3[nH]ccc13)C2. The highest BCUT2D eigenvalue weighted by atomic mass is 16.2. The van der Waals surface area contributed by atoms with Crippen molar-refractivity contribution in [2.45, 2.75) is 18.9 Å². The Labute approximate surface area is 145 Å². The summed E-state index contributed by atoms with van der Waals surface area (Å²) in [5.41, 5.74) is 0.799. The molecule has 0 saturated carbocycles. The second kappa shape index (κ2) is 6.02. The molecule has 0 aromatic carbocycles. The van der Waals surface area contributed by atoms with Crippen molar-refractivity contribution in [3.63, 3.8) is 0 Å². The minimum atomic E-state index is -0.0855. The number of likely N-dealkylation sites (N-methyl/N-ethyl adjacent to an activating group) is 1. The zero-order valence-electron chi connectivity index (χ0n) is 14.5. The minimum absolute atomic E-state index is 0.0393. The molecule has 5 heterocycles. The number of piperidine rings is 1. The Morgan fingerprint density at radius 3 is 2.96 bits per heavy atom. The van der Waals surface area contributed by atoms with Gasteiger partial charge < -0.3 is 19.7 Å². The van der Waals surface area contributed by atoms with Gasteiger partial charge >= 0.3 is 0 Å². The molecule has 2 aromatic rings. The maximum absolute atomic E-state index is 12.8. The molecule has 3 aliphatic rings. The van der Waals surface area contributed by atoms with E-state index in [1.165, 1.54) is 4.90 Å². The highest BCUT2D eigenvalue weighted by Gasteiger charge is 2.42. The van der Waals surface area contributed by atoms with E-state index in [9.17, 15) is 9.59 Å². The zero-order chi connectivity index (χ0) is 17.6. The van der Waals surface area contributed by atoms with Crippen LogP contribution in [0.1, 0.15) is 12.8 Å². The molecule has 8 heteroatoms. The number of nitrogens with one attached hydrogen (secondary N) is 1. The lowest BCUT2D eigenvalue weighted by molar-refractivity contribution is -0.145. The average molecular weight is 342 g/mol. The molecule has 0 unspecified atom stereocenters. The molecular weight excluding hydrogens is 320 g/mol. The van der Waals surface area contributed by atoms with Crippen LogP contribution in [0.25, 0.3) is 11.0 Å².